The maximum atomic E-state index is 12.5. The van der Waals surface area contributed by atoms with E-state index in [9.17, 15) is 4.79 Å². The van der Waals surface area contributed by atoms with Crippen LogP contribution in [0.15, 0.2) is 12.4 Å². The molecular formula is C12H18N4O2. The van der Waals surface area contributed by atoms with Crippen molar-refractivity contribution in [3.05, 3.63) is 12.4 Å². The molecule has 2 saturated heterocycles. The Morgan fingerprint density at radius 1 is 1.72 bits per heavy atom. The Labute approximate surface area is 106 Å². The minimum atomic E-state index is -0.409. The van der Waals surface area contributed by atoms with Gasteiger partial charge in [0.15, 0.2) is 0 Å². The van der Waals surface area contributed by atoms with Gasteiger partial charge in [0.25, 0.3) is 0 Å². The van der Waals surface area contributed by atoms with Crippen LogP contribution in [-0.2, 0) is 16.6 Å². The molecule has 98 valence electrons. The molecule has 18 heavy (non-hydrogen) atoms. The highest BCUT2D eigenvalue weighted by Crippen LogP contribution is 2.38. The fourth-order valence-corrected chi connectivity index (χ4v) is 2.91. The first kappa shape index (κ1) is 11.7. The summed E-state index contributed by atoms with van der Waals surface area (Å²) in [5, 5.41) is 10.3. The van der Waals surface area contributed by atoms with Crippen LogP contribution in [0.2, 0.25) is 0 Å². The second-order valence-corrected chi connectivity index (χ2v) is 5.18. The van der Waals surface area contributed by atoms with Crippen molar-refractivity contribution in [3.63, 3.8) is 0 Å². The molecule has 0 unspecified atom stereocenters. The maximum Gasteiger partial charge on any atom is 0.234 e. The van der Waals surface area contributed by atoms with Crippen LogP contribution in [0.1, 0.15) is 6.42 Å². The highest BCUT2D eigenvalue weighted by molar-refractivity contribution is 5.96. The van der Waals surface area contributed by atoms with Gasteiger partial charge in [-0.2, -0.15) is 5.10 Å². The first-order valence-electron chi connectivity index (χ1n) is 6.29. The van der Waals surface area contributed by atoms with E-state index in [1.807, 2.05) is 7.05 Å². The topological polar surface area (TPSA) is 68.2 Å². The van der Waals surface area contributed by atoms with Crippen molar-refractivity contribution in [2.45, 2.75) is 6.42 Å². The summed E-state index contributed by atoms with van der Waals surface area (Å²) in [5.41, 5.74) is 0.335. The van der Waals surface area contributed by atoms with E-state index in [0.717, 1.165) is 25.3 Å². The second-order valence-electron chi connectivity index (χ2n) is 5.18. The first-order chi connectivity index (χ1) is 8.71. The van der Waals surface area contributed by atoms with Gasteiger partial charge in [0.2, 0.25) is 5.91 Å². The van der Waals surface area contributed by atoms with E-state index >= 15 is 0 Å². The first-order valence-corrected chi connectivity index (χ1v) is 6.29. The fraction of sp³-hybridized carbons (Fsp3) is 0.667. The third-order valence-corrected chi connectivity index (χ3v) is 4.00. The molecule has 0 saturated carbocycles. The predicted octanol–water partition coefficient (Wildman–Crippen LogP) is -0.0153. The lowest BCUT2D eigenvalue weighted by molar-refractivity contribution is -0.135. The molecule has 0 aromatic carbocycles. The van der Waals surface area contributed by atoms with Gasteiger partial charge in [-0.3, -0.25) is 9.48 Å². The molecule has 0 bridgehead atoms. The molecule has 1 amide bonds. The van der Waals surface area contributed by atoms with Crippen molar-refractivity contribution in [3.8, 4) is 0 Å². The van der Waals surface area contributed by atoms with E-state index in [0.29, 0.717) is 19.1 Å². The number of hydrogen-bond donors (Lipinski definition) is 2. The molecule has 6 heteroatoms. The Morgan fingerprint density at radius 2 is 2.61 bits per heavy atom. The van der Waals surface area contributed by atoms with Crippen LogP contribution in [0.25, 0.3) is 0 Å². The fourth-order valence-electron chi connectivity index (χ4n) is 2.91. The summed E-state index contributed by atoms with van der Waals surface area (Å²) in [4.78, 5) is 12.5. The molecule has 0 radical (unpaired) electrons. The standard InChI is InChI=1S/C12H18N4O2/c1-16-6-10(5-14-16)15-11(17)12-7-13-4-9(12)2-3-18-8-12/h5-6,9,13H,2-4,7-8H2,1H3,(H,15,17)/t9-,12+/m1/s1. The molecule has 1 aromatic rings. The van der Waals surface area contributed by atoms with E-state index in [2.05, 4.69) is 15.7 Å². The Hall–Kier alpha value is -1.40. The normalized spacial score (nSPS) is 31.1. The number of aromatic nitrogens is 2. The highest BCUT2D eigenvalue weighted by atomic mass is 16.5. The number of amides is 1. The summed E-state index contributed by atoms with van der Waals surface area (Å²) in [6.07, 6.45) is 4.42. The number of nitrogens with zero attached hydrogens (tertiary/aromatic N) is 2. The van der Waals surface area contributed by atoms with Crippen LogP contribution in [0.5, 0.6) is 0 Å². The molecule has 1 aromatic heterocycles. The molecule has 0 aliphatic carbocycles. The third-order valence-electron chi connectivity index (χ3n) is 4.00. The lowest BCUT2D eigenvalue weighted by Gasteiger charge is -2.36. The van der Waals surface area contributed by atoms with Crippen LogP contribution in [0.3, 0.4) is 0 Å². The smallest absolute Gasteiger partial charge is 0.234 e. The van der Waals surface area contributed by atoms with Gasteiger partial charge in [-0.25, -0.2) is 0 Å². The van der Waals surface area contributed by atoms with Crippen LogP contribution in [-0.4, -0.2) is 42.0 Å². The van der Waals surface area contributed by atoms with E-state index in [-0.39, 0.29) is 5.91 Å². The molecule has 3 heterocycles. The molecule has 2 aliphatic heterocycles. The molecule has 0 spiro atoms. The molecule has 2 aliphatic rings. The number of carbonyl (C=O) groups excluding carboxylic acids is 1. The average Bonchev–Trinajstić information content (AvgIpc) is 2.96. The van der Waals surface area contributed by atoms with Crippen molar-refractivity contribution < 1.29 is 9.53 Å². The summed E-state index contributed by atoms with van der Waals surface area (Å²) in [7, 11) is 1.83. The largest absolute Gasteiger partial charge is 0.380 e. The number of fused-ring (bicyclic) bond motifs is 1. The molecule has 2 N–H and O–H groups in total. The SMILES string of the molecule is Cn1cc(NC(=O)[C@]23CNC[C@H]2CCOC3)cn1. The quantitative estimate of drug-likeness (QED) is 0.774. The predicted molar refractivity (Wildman–Crippen MR) is 66.1 cm³/mol. The van der Waals surface area contributed by atoms with Crippen LogP contribution < -0.4 is 10.6 Å². The number of ether oxygens (including phenoxy) is 1. The number of rotatable bonds is 2. The van der Waals surface area contributed by atoms with Gasteiger partial charge in [0.1, 0.15) is 0 Å². The van der Waals surface area contributed by atoms with E-state index < -0.39 is 5.41 Å². The minimum absolute atomic E-state index is 0.0465. The van der Waals surface area contributed by atoms with Gasteiger partial charge in [0.05, 0.1) is 23.9 Å². The van der Waals surface area contributed by atoms with Crippen molar-refractivity contribution in [1.82, 2.24) is 15.1 Å². The lowest BCUT2D eigenvalue weighted by Crippen LogP contribution is -2.49. The Balaban J connectivity index is 1.78. The third kappa shape index (κ3) is 1.81. The average molecular weight is 250 g/mol. The Bertz CT molecular complexity index is 459. The summed E-state index contributed by atoms with van der Waals surface area (Å²) < 4.78 is 7.20. The number of aryl methyl sites for hydroxylation is 1. The van der Waals surface area contributed by atoms with Crippen LogP contribution in [0, 0.1) is 11.3 Å². The van der Waals surface area contributed by atoms with Crippen molar-refractivity contribution in [2.75, 3.05) is 31.6 Å². The summed E-state index contributed by atoms with van der Waals surface area (Å²) in [6, 6.07) is 0. The van der Waals surface area contributed by atoms with Gasteiger partial charge in [-0.1, -0.05) is 0 Å². The van der Waals surface area contributed by atoms with Crippen LogP contribution >= 0.6 is 0 Å². The monoisotopic (exact) mass is 250 g/mol. The molecular weight excluding hydrogens is 232 g/mol. The lowest BCUT2D eigenvalue weighted by atomic mass is 9.75. The number of anilines is 1. The number of nitrogens with one attached hydrogen (secondary N) is 2. The zero-order valence-corrected chi connectivity index (χ0v) is 10.5. The van der Waals surface area contributed by atoms with Crippen molar-refractivity contribution >= 4 is 11.6 Å². The van der Waals surface area contributed by atoms with Crippen LogP contribution in [0.4, 0.5) is 5.69 Å². The summed E-state index contributed by atoms with van der Waals surface area (Å²) in [5.74, 6) is 0.424. The minimum Gasteiger partial charge on any atom is -0.380 e. The highest BCUT2D eigenvalue weighted by Gasteiger charge is 2.50. The molecule has 2 fully saturated rings. The zero-order chi connectivity index (χ0) is 12.6. The summed E-state index contributed by atoms with van der Waals surface area (Å²) in [6.45, 7) is 2.87. The van der Waals surface area contributed by atoms with Gasteiger partial charge < -0.3 is 15.4 Å². The zero-order valence-electron chi connectivity index (χ0n) is 10.5. The van der Waals surface area contributed by atoms with E-state index in [1.54, 1.807) is 17.1 Å². The van der Waals surface area contributed by atoms with Gasteiger partial charge in [0, 0.05) is 26.4 Å². The number of carbonyl (C=O) groups is 1. The summed E-state index contributed by atoms with van der Waals surface area (Å²) >= 11 is 0. The Kier molecular flexibility index (Phi) is 2.83. The van der Waals surface area contributed by atoms with E-state index in [1.165, 1.54) is 0 Å². The van der Waals surface area contributed by atoms with Gasteiger partial charge >= 0.3 is 0 Å². The van der Waals surface area contributed by atoms with Crippen molar-refractivity contribution in [1.29, 1.82) is 0 Å². The van der Waals surface area contributed by atoms with Crippen molar-refractivity contribution in [2.24, 2.45) is 18.4 Å². The molecule has 2 atom stereocenters. The molecule has 3 rings (SSSR count). The molecule has 6 nitrogen and oxygen atoms in total. The second kappa shape index (κ2) is 4.37. The van der Waals surface area contributed by atoms with Gasteiger partial charge in [-0.05, 0) is 18.9 Å². The maximum absolute atomic E-state index is 12.5. The van der Waals surface area contributed by atoms with Gasteiger partial charge in [-0.15, -0.1) is 0 Å². The Morgan fingerprint density at radius 3 is 3.39 bits per heavy atom. The number of hydrogen-bond acceptors (Lipinski definition) is 4. The van der Waals surface area contributed by atoms with E-state index in [4.69, 9.17) is 4.74 Å².